The summed E-state index contributed by atoms with van der Waals surface area (Å²) in [4.78, 5) is 32.7. The number of para-hydroxylation sites is 1. The van der Waals surface area contributed by atoms with Gasteiger partial charge in [0.05, 0.1) is 0 Å². The number of carbonyl (C=O) groups is 3. The maximum atomic E-state index is 11.4. The summed E-state index contributed by atoms with van der Waals surface area (Å²) in [5.41, 5.74) is 0.508. The van der Waals surface area contributed by atoms with Crippen molar-refractivity contribution in [2.75, 3.05) is 5.32 Å². The van der Waals surface area contributed by atoms with Gasteiger partial charge in [-0.2, -0.15) is 0 Å². The van der Waals surface area contributed by atoms with Gasteiger partial charge in [0.25, 0.3) is 5.91 Å². The van der Waals surface area contributed by atoms with Crippen LogP contribution in [0, 0.1) is 0 Å². The Morgan fingerprint density at radius 3 is 2.39 bits per heavy atom. The zero-order chi connectivity index (χ0) is 13.5. The molecule has 18 heavy (non-hydrogen) atoms. The van der Waals surface area contributed by atoms with Crippen molar-refractivity contribution >= 4 is 23.8 Å². The summed E-state index contributed by atoms with van der Waals surface area (Å²) in [7, 11) is 0. The summed E-state index contributed by atoms with van der Waals surface area (Å²) in [6.45, 7) is 1.27. The van der Waals surface area contributed by atoms with Gasteiger partial charge < -0.3 is 9.84 Å². The van der Waals surface area contributed by atoms with Crippen molar-refractivity contribution < 1.29 is 24.2 Å². The third-order valence-electron chi connectivity index (χ3n) is 1.90. The van der Waals surface area contributed by atoms with Crippen LogP contribution in [-0.4, -0.2) is 29.3 Å². The highest BCUT2D eigenvalue weighted by molar-refractivity contribution is 5.95. The van der Waals surface area contributed by atoms with Crippen LogP contribution < -0.4 is 10.6 Å². The average molecular weight is 252 g/mol. The Labute approximate surface area is 103 Å². The fourth-order valence-corrected chi connectivity index (χ4v) is 1.09. The molecular formula is C11H12N2O5. The van der Waals surface area contributed by atoms with E-state index in [-0.39, 0.29) is 0 Å². The third kappa shape index (κ3) is 4.52. The van der Waals surface area contributed by atoms with Crippen LogP contribution >= 0.6 is 0 Å². The van der Waals surface area contributed by atoms with Crippen LogP contribution in [-0.2, 0) is 9.53 Å². The fraction of sp³-hybridized carbons (Fsp3) is 0.182. The molecule has 0 aliphatic rings. The molecule has 0 fully saturated rings. The number of benzene rings is 1. The van der Waals surface area contributed by atoms with Crippen LogP contribution in [0.15, 0.2) is 30.3 Å². The van der Waals surface area contributed by atoms with Crippen molar-refractivity contribution in [3.63, 3.8) is 0 Å². The van der Waals surface area contributed by atoms with Gasteiger partial charge in [-0.15, -0.1) is 0 Å². The minimum atomic E-state index is -1.50. The first-order valence-corrected chi connectivity index (χ1v) is 5.05. The summed E-state index contributed by atoms with van der Waals surface area (Å²) in [6.07, 6.45) is -3.54. The van der Waals surface area contributed by atoms with Crippen molar-refractivity contribution in [1.29, 1.82) is 0 Å². The first-order valence-electron chi connectivity index (χ1n) is 5.05. The van der Waals surface area contributed by atoms with E-state index in [0.29, 0.717) is 5.69 Å². The SMILES string of the molecule is CC(OC(=O)Nc1ccccc1)C(=O)NC(=O)O. The lowest BCUT2D eigenvalue weighted by Crippen LogP contribution is -2.39. The molecule has 0 saturated heterocycles. The van der Waals surface area contributed by atoms with Gasteiger partial charge >= 0.3 is 12.2 Å². The van der Waals surface area contributed by atoms with Gasteiger partial charge in [0, 0.05) is 5.69 Å². The van der Waals surface area contributed by atoms with Crippen molar-refractivity contribution in [2.45, 2.75) is 13.0 Å². The summed E-state index contributed by atoms with van der Waals surface area (Å²) >= 11 is 0. The van der Waals surface area contributed by atoms with E-state index in [1.54, 1.807) is 35.6 Å². The molecule has 1 aromatic carbocycles. The molecule has 0 aromatic heterocycles. The predicted molar refractivity (Wildman–Crippen MR) is 62.2 cm³/mol. The predicted octanol–water partition coefficient (Wildman–Crippen LogP) is 1.42. The number of anilines is 1. The highest BCUT2D eigenvalue weighted by Gasteiger charge is 2.19. The Bertz CT molecular complexity index is 446. The molecule has 0 bridgehead atoms. The van der Waals surface area contributed by atoms with Crippen molar-refractivity contribution in [1.82, 2.24) is 5.32 Å². The van der Waals surface area contributed by atoms with Crippen LogP contribution in [0.25, 0.3) is 0 Å². The van der Waals surface area contributed by atoms with E-state index >= 15 is 0 Å². The highest BCUT2D eigenvalue weighted by Crippen LogP contribution is 2.06. The number of carboxylic acid groups (broad SMARTS) is 1. The molecule has 0 aliphatic carbocycles. The first-order chi connectivity index (χ1) is 8.49. The molecule has 1 aromatic rings. The molecule has 0 aliphatic heterocycles. The molecule has 0 heterocycles. The molecule has 1 rings (SSSR count). The van der Waals surface area contributed by atoms with E-state index in [1.165, 1.54) is 6.92 Å². The molecule has 0 radical (unpaired) electrons. The number of hydrogen-bond donors (Lipinski definition) is 3. The summed E-state index contributed by atoms with van der Waals surface area (Å²) in [5, 5.41) is 12.3. The largest absolute Gasteiger partial charge is 0.465 e. The lowest BCUT2D eigenvalue weighted by atomic mass is 10.3. The maximum Gasteiger partial charge on any atom is 0.412 e. The monoisotopic (exact) mass is 252 g/mol. The van der Waals surface area contributed by atoms with Crippen LogP contribution in [0.5, 0.6) is 0 Å². The van der Waals surface area contributed by atoms with E-state index < -0.39 is 24.2 Å². The first kappa shape index (κ1) is 13.5. The smallest absolute Gasteiger partial charge is 0.412 e. The Morgan fingerprint density at radius 2 is 1.83 bits per heavy atom. The zero-order valence-electron chi connectivity index (χ0n) is 9.54. The molecule has 7 heteroatoms. The number of imide groups is 1. The van der Waals surface area contributed by atoms with E-state index in [1.807, 2.05) is 0 Å². The van der Waals surface area contributed by atoms with E-state index in [9.17, 15) is 14.4 Å². The maximum absolute atomic E-state index is 11.4. The lowest BCUT2D eigenvalue weighted by Gasteiger charge is -2.12. The highest BCUT2D eigenvalue weighted by atomic mass is 16.6. The molecule has 96 valence electrons. The second-order valence-electron chi connectivity index (χ2n) is 3.33. The molecular weight excluding hydrogens is 240 g/mol. The Balaban J connectivity index is 2.45. The minimum absolute atomic E-state index is 0.508. The third-order valence-corrected chi connectivity index (χ3v) is 1.90. The topological polar surface area (TPSA) is 105 Å². The van der Waals surface area contributed by atoms with Crippen molar-refractivity contribution in [3.8, 4) is 0 Å². The van der Waals surface area contributed by atoms with Crippen LogP contribution in [0.3, 0.4) is 0 Å². The number of ether oxygens (including phenoxy) is 1. The Hall–Kier alpha value is -2.57. The normalized spacial score (nSPS) is 11.2. The molecule has 0 spiro atoms. The molecule has 3 amide bonds. The zero-order valence-corrected chi connectivity index (χ0v) is 9.54. The Morgan fingerprint density at radius 1 is 1.22 bits per heavy atom. The van der Waals surface area contributed by atoms with Gasteiger partial charge in [-0.05, 0) is 19.1 Å². The van der Waals surface area contributed by atoms with Gasteiger partial charge in [-0.3, -0.25) is 15.4 Å². The number of nitrogens with one attached hydrogen (secondary N) is 2. The molecule has 1 unspecified atom stereocenters. The number of carbonyl (C=O) groups excluding carboxylic acids is 2. The summed E-state index contributed by atoms with van der Waals surface area (Å²) < 4.78 is 4.69. The van der Waals surface area contributed by atoms with Gasteiger partial charge in [0.1, 0.15) is 0 Å². The fourth-order valence-electron chi connectivity index (χ4n) is 1.09. The van der Waals surface area contributed by atoms with Gasteiger partial charge in [-0.25, -0.2) is 9.59 Å². The number of amides is 3. The van der Waals surface area contributed by atoms with Crippen LogP contribution in [0.2, 0.25) is 0 Å². The minimum Gasteiger partial charge on any atom is -0.465 e. The van der Waals surface area contributed by atoms with Crippen LogP contribution in [0.1, 0.15) is 6.92 Å². The van der Waals surface area contributed by atoms with Crippen molar-refractivity contribution in [2.24, 2.45) is 0 Å². The van der Waals surface area contributed by atoms with E-state index in [0.717, 1.165) is 0 Å². The van der Waals surface area contributed by atoms with Gasteiger partial charge in [-0.1, -0.05) is 18.2 Å². The molecule has 0 saturated carbocycles. The van der Waals surface area contributed by atoms with Gasteiger partial charge in [0.15, 0.2) is 6.10 Å². The quantitative estimate of drug-likeness (QED) is 0.754. The lowest BCUT2D eigenvalue weighted by molar-refractivity contribution is -0.127. The molecule has 1 atom stereocenters. The second-order valence-corrected chi connectivity index (χ2v) is 3.33. The summed E-state index contributed by atoms with van der Waals surface area (Å²) in [5.74, 6) is -0.911. The van der Waals surface area contributed by atoms with E-state index in [4.69, 9.17) is 9.84 Å². The molecule has 7 nitrogen and oxygen atoms in total. The Kier molecular flexibility index (Phi) is 4.67. The number of hydrogen-bond acceptors (Lipinski definition) is 4. The standard InChI is InChI=1S/C11H12N2O5/c1-7(9(14)13-10(15)16)18-11(17)12-8-5-3-2-4-6-8/h2-7H,1H3,(H,12,17)(H,13,14)(H,15,16). The van der Waals surface area contributed by atoms with Crippen LogP contribution in [0.4, 0.5) is 15.3 Å². The van der Waals surface area contributed by atoms with E-state index in [2.05, 4.69) is 5.32 Å². The number of rotatable bonds is 3. The second kappa shape index (κ2) is 6.24. The molecule has 3 N–H and O–H groups in total. The summed E-state index contributed by atoms with van der Waals surface area (Å²) in [6, 6.07) is 8.50. The van der Waals surface area contributed by atoms with Gasteiger partial charge in [0.2, 0.25) is 0 Å². The average Bonchev–Trinajstić information content (AvgIpc) is 2.29. The van der Waals surface area contributed by atoms with Crippen molar-refractivity contribution in [3.05, 3.63) is 30.3 Å².